The monoisotopic (exact) mass is 503 g/mol. The molecule has 1 aliphatic carbocycles. The van der Waals surface area contributed by atoms with Gasteiger partial charge in [0.1, 0.15) is 11.2 Å². The van der Waals surface area contributed by atoms with Crippen LogP contribution in [0.4, 0.5) is 9.18 Å². The number of imidazole rings is 1. The number of halogens is 2. The van der Waals surface area contributed by atoms with Gasteiger partial charge in [-0.25, -0.2) is 24.1 Å². The topological polar surface area (TPSA) is 139 Å². The van der Waals surface area contributed by atoms with Crippen LogP contribution in [0.1, 0.15) is 50.7 Å². The van der Waals surface area contributed by atoms with Crippen LogP contribution in [-0.4, -0.2) is 55.3 Å². The minimum absolute atomic E-state index is 0.139. The van der Waals surface area contributed by atoms with Gasteiger partial charge in [-0.1, -0.05) is 30.9 Å². The molecular formula is C23H27ClFN7O3. The fourth-order valence-corrected chi connectivity index (χ4v) is 4.77. The third kappa shape index (κ3) is 5.40. The number of hydrogen-bond donors (Lipinski definition) is 3. The number of hydrogen-bond acceptors (Lipinski definition) is 7. The van der Waals surface area contributed by atoms with E-state index in [4.69, 9.17) is 26.9 Å². The molecule has 3 heterocycles. The van der Waals surface area contributed by atoms with E-state index in [1.807, 2.05) is 5.32 Å². The summed E-state index contributed by atoms with van der Waals surface area (Å²) in [6.45, 7) is 1.70. The number of methoxy groups -OCH3 is 1. The highest BCUT2D eigenvalue weighted by molar-refractivity contribution is 6.30. The number of rotatable bonds is 7. The van der Waals surface area contributed by atoms with Gasteiger partial charge in [-0.05, 0) is 31.7 Å². The molecule has 0 aliphatic heterocycles. The fraction of sp³-hybridized carbons (Fsp3) is 0.478. The first-order valence-electron chi connectivity index (χ1n) is 11.4. The van der Waals surface area contributed by atoms with Gasteiger partial charge in [0.15, 0.2) is 28.8 Å². The Morgan fingerprint density at radius 3 is 2.71 bits per heavy atom. The van der Waals surface area contributed by atoms with Gasteiger partial charge in [-0.3, -0.25) is 15.7 Å². The van der Waals surface area contributed by atoms with Gasteiger partial charge in [-0.15, -0.1) is 0 Å². The Morgan fingerprint density at radius 2 is 2.06 bits per heavy atom. The van der Waals surface area contributed by atoms with Crippen LogP contribution < -0.4 is 5.32 Å². The fourth-order valence-electron chi connectivity index (χ4n) is 4.59. The SMILES string of the molecule is COCC(C)(F)c1nc2nc(C(=N)NC(=O)O)nc(-c3cncc(Cl)c3)c2n1CC1CCCCC1. The second kappa shape index (κ2) is 10.2. The van der Waals surface area contributed by atoms with Crippen molar-refractivity contribution in [3.63, 3.8) is 0 Å². The normalized spacial score (nSPS) is 16.2. The van der Waals surface area contributed by atoms with E-state index in [1.54, 1.807) is 16.8 Å². The average Bonchev–Trinajstić information content (AvgIpc) is 3.18. The van der Waals surface area contributed by atoms with Crippen molar-refractivity contribution in [3.05, 3.63) is 35.1 Å². The van der Waals surface area contributed by atoms with Crippen LogP contribution >= 0.6 is 11.6 Å². The first-order valence-corrected chi connectivity index (χ1v) is 11.7. The second-order valence-electron chi connectivity index (χ2n) is 8.95. The maximum Gasteiger partial charge on any atom is 0.410 e. The lowest BCUT2D eigenvalue weighted by Gasteiger charge is -2.26. The standard InChI is InChI=1S/C23H27ClFN7O3/c1-23(25,12-35-2)21-31-19-17(32(21)11-13-6-4-3-5-7-13)16(14-8-15(24)10-27-9-14)28-20(30-19)18(26)29-22(33)34/h8-10,13H,3-7,11-12H2,1-2H3,(H2,26,29)(H,33,34). The Balaban J connectivity index is 1.99. The summed E-state index contributed by atoms with van der Waals surface area (Å²) in [7, 11) is 1.42. The highest BCUT2D eigenvalue weighted by Crippen LogP contribution is 2.35. The zero-order valence-electron chi connectivity index (χ0n) is 19.5. The molecule has 1 atom stereocenters. The van der Waals surface area contributed by atoms with E-state index in [-0.39, 0.29) is 23.9 Å². The molecule has 1 fully saturated rings. The summed E-state index contributed by atoms with van der Waals surface area (Å²) in [5.41, 5.74) is -0.465. The summed E-state index contributed by atoms with van der Waals surface area (Å²) in [4.78, 5) is 28.6. The molecule has 3 aromatic heterocycles. The van der Waals surface area contributed by atoms with Crippen LogP contribution in [0.25, 0.3) is 22.4 Å². The number of alkyl halides is 1. The predicted molar refractivity (Wildman–Crippen MR) is 128 cm³/mol. The van der Waals surface area contributed by atoms with Crippen LogP contribution in [0.2, 0.25) is 5.02 Å². The van der Waals surface area contributed by atoms with E-state index in [2.05, 4.69) is 19.9 Å². The zero-order valence-corrected chi connectivity index (χ0v) is 20.3. The Hall–Kier alpha value is -3.18. The highest BCUT2D eigenvalue weighted by Gasteiger charge is 2.35. The molecule has 3 aromatic rings. The van der Waals surface area contributed by atoms with Gasteiger partial charge in [0.05, 0.1) is 11.6 Å². The van der Waals surface area contributed by atoms with E-state index in [0.29, 0.717) is 34.3 Å². The Morgan fingerprint density at radius 1 is 1.31 bits per heavy atom. The molecule has 1 saturated carbocycles. The van der Waals surface area contributed by atoms with Crippen molar-refractivity contribution in [1.82, 2.24) is 29.8 Å². The van der Waals surface area contributed by atoms with Crippen molar-refractivity contribution >= 4 is 34.7 Å². The maximum atomic E-state index is 15.9. The van der Waals surface area contributed by atoms with Gasteiger partial charge in [0.25, 0.3) is 0 Å². The molecule has 1 aliphatic rings. The molecule has 0 bridgehead atoms. The average molecular weight is 504 g/mol. The molecule has 35 heavy (non-hydrogen) atoms. The van der Waals surface area contributed by atoms with Crippen molar-refractivity contribution in [3.8, 4) is 11.3 Å². The molecule has 0 saturated heterocycles. The van der Waals surface area contributed by atoms with Crippen molar-refractivity contribution < 1.29 is 19.0 Å². The second-order valence-corrected chi connectivity index (χ2v) is 9.38. The zero-order chi connectivity index (χ0) is 25.2. The van der Waals surface area contributed by atoms with Crippen LogP contribution in [0, 0.1) is 11.3 Å². The molecule has 186 valence electrons. The van der Waals surface area contributed by atoms with Crippen molar-refractivity contribution in [1.29, 1.82) is 5.41 Å². The van der Waals surface area contributed by atoms with Crippen molar-refractivity contribution in [2.45, 2.75) is 51.2 Å². The van der Waals surface area contributed by atoms with E-state index in [9.17, 15) is 4.79 Å². The lowest BCUT2D eigenvalue weighted by molar-refractivity contribution is 0.0430. The van der Waals surface area contributed by atoms with Gasteiger partial charge >= 0.3 is 6.09 Å². The number of ether oxygens (including phenoxy) is 1. The lowest BCUT2D eigenvalue weighted by atomic mass is 9.89. The molecular weight excluding hydrogens is 477 g/mol. The van der Waals surface area contributed by atoms with E-state index < -0.39 is 17.6 Å². The first kappa shape index (κ1) is 24.9. The summed E-state index contributed by atoms with van der Waals surface area (Å²) in [6, 6.07) is 1.65. The Labute approximate surface area is 206 Å². The summed E-state index contributed by atoms with van der Waals surface area (Å²) >= 11 is 6.19. The molecule has 0 spiro atoms. The molecule has 0 radical (unpaired) electrons. The van der Waals surface area contributed by atoms with Gasteiger partial charge in [0.2, 0.25) is 0 Å². The van der Waals surface area contributed by atoms with Crippen LogP contribution in [0.15, 0.2) is 18.5 Å². The maximum absolute atomic E-state index is 15.9. The van der Waals surface area contributed by atoms with Crippen LogP contribution in [0.5, 0.6) is 0 Å². The number of carboxylic acid groups (broad SMARTS) is 1. The molecule has 10 nitrogen and oxygen atoms in total. The Kier molecular flexibility index (Phi) is 7.27. The van der Waals surface area contributed by atoms with Crippen LogP contribution in [0.3, 0.4) is 0 Å². The molecule has 3 N–H and O–H groups in total. The third-order valence-corrected chi connectivity index (χ3v) is 6.29. The highest BCUT2D eigenvalue weighted by atomic mass is 35.5. The quantitative estimate of drug-likeness (QED) is 0.317. The number of pyridine rings is 1. The summed E-state index contributed by atoms with van der Waals surface area (Å²) < 4.78 is 22.8. The summed E-state index contributed by atoms with van der Waals surface area (Å²) in [6.07, 6.45) is 7.04. The molecule has 12 heteroatoms. The molecule has 4 rings (SSSR count). The predicted octanol–water partition coefficient (Wildman–Crippen LogP) is 4.55. The van der Waals surface area contributed by atoms with Crippen LogP contribution in [-0.2, 0) is 17.0 Å². The summed E-state index contributed by atoms with van der Waals surface area (Å²) in [5, 5.41) is 19.5. The minimum atomic E-state index is -1.93. The van der Waals surface area contributed by atoms with Gasteiger partial charge < -0.3 is 14.4 Å². The Bertz CT molecular complexity index is 1260. The lowest BCUT2D eigenvalue weighted by Crippen LogP contribution is -2.30. The number of aromatic nitrogens is 5. The number of nitrogens with one attached hydrogen (secondary N) is 2. The van der Waals surface area contributed by atoms with E-state index in [0.717, 1.165) is 25.7 Å². The first-order chi connectivity index (χ1) is 16.7. The van der Waals surface area contributed by atoms with Crippen molar-refractivity contribution in [2.24, 2.45) is 5.92 Å². The summed E-state index contributed by atoms with van der Waals surface area (Å²) in [5.74, 6) is -0.259. The van der Waals surface area contributed by atoms with E-state index in [1.165, 1.54) is 26.7 Å². The molecule has 1 amide bonds. The number of amides is 1. The third-order valence-electron chi connectivity index (χ3n) is 6.08. The van der Waals surface area contributed by atoms with Crippen molar-refractivity contribution in [2.75, 3.05) is 13.7 Å². The smallest absolute Gasteiger partial charge is 0.410 e. The van der Waals surface area contributed by atoms with E-state index >= 15 is 4.39 Å². The number of nitrogens with zero attached hydrogens (tertiary/aromatic N) is 5. The minimum Gasteiger partial charge on any atom is -0.465 e. The number of carbonyl (C=O) groups is 1. The molecule has 1 unspecified atom stereocenters. The largest absolute Gasteiger partial charge is 0.465 e. The number of fused-ring (bicyclic) bond motifs is 1. The number of amidine groups is 1. The van der Waals surface area contributed by atoms with Gasteiger partial charge in [0, 0.05) is 31.6 Å². The molecule has 0 aromatic carbocycles. The van der Waals surface area contributed by atoms with Gasteiger partial charge in [-0.2, -0.15) is 0 Å².